The summed E-state index contributed by atoms with van der Waals surface area (Å²) in [4.78, 5) is 23.9. The van der Waals surface area contributed by atoms with E-state index in [0.29, 0.717) is 5.95 Å². The first kappa shape index (κ1) is 15.0. The van der Waals surface area contributed by atoms with Crippen LogP contribution < -0.4 is 10.6 Å². The van der Waals surface area contributed by atoms with E-state index < -0.39 is 12.0 Å². The van der Waals surface area contributed by atoms with Gasteiger partial charge in [0.2, 0.25) is 17.2 Å². The van der Waals surface area contributed by atoms with Crippen molar-refractivity contribution in [2.45, 2.75) is 6.04 Å². The predicted molar refractivity (Wildman–Crippen MR) is 79.2 cm³/mol. The number of esters is 1. The van der Waals surface area contributed by atoms with Gasteiger partial charge in [0.05, 0.1) is 7.11 Å². The van der Waals surface area contributed by atoms with Crippen molar-refractivity contribution in [1.29, 1.82) is 0 Å². The lowest BCUT2D eigenvalue weighted by atomic mass is 10.1. The average Bonchev–Trinajstić information content (AvgIpc) is 2.52. The van der Waals surface area contributed by atoms with Crippen LogP contribution in [0.5, 0.6) is 0 Å². The summed E-state index contributed by atoms with van der Waals surface area (Å²) in [5.41, 5.74) is 0.729. The highest BCUT2D eigenvalue weighted by molar-refractivity contribution is 6.28. The van der Waals surface area contributed by atoms with E-state index in [1.165, 1.54) is 7.11 Å². The molecule has 0 aliphatic heterocycles. The van der Waals surface area contributed by atoms with Crippen molar-refractivity contribution in [3.8, 4) is 0 Å². The Balaban J connectivity index is 2.31. The van der Waals surface area contributed by atoms with E-state index in [2.05, 4.69) is 25.6 Å². The van der Waals surface area contributed by atoms with Gasteiger partial charge in [-0.05, 0) is 17.2 Å². The van der Waals surface area contributed by atoms with Crippen molar-refractivity contribution in [1.82, 2.24) is 15.0 Å². The second-order valence-corrected chi connectivity index (χ2v) is 4.35. The van der Waals surface area contributed by atoms with Crippen molar-refractivity contribution in [3.05, 3.63) is 41.2 Å². The summed E-state index contributed by atoms with van der Waals surface area (Å²) >= 11 is 5.81. The lowest BCUT2D eigenvalue weighted by molar-refractivity contribution is -0.141. The molecule has 1 unspecified atom stereocenters. The number of nitrogens with zero attached hydrogens (tertiary/aromatic N) is 3. The molecule has 2 aromatic rings. The van der Waals surface area contributed by atoms with Crippen molar-refractivity contribution in [2.75, 3.05) is 24.8 Å². The summed E-state index contributed by atoms with van der Waals surface area (Å²) in [5.74, 6) is 0.0246. The molecule has 1 aromatic heterocycles. The van der Waals surface area contributed by atoms with Crippen LogP contribution in [0.2, 0.25) is 5.28 Å². The zero-order chi connectivity index (χ0) is 15.2. The minimum atomic E-state index is -0.737. The second kappa shape index (κ2) is 6.85. The zero-order valence-electron chi connectivity index (χ0n) is 11.5. The first-order chi connectivity index (χ1) is 10.1. The van der Waals surface area contributed by atoms with Crippen LogP contribution in [-0.4, -0.2) is 35.1 Å². The Morgan fingerprint density at radius 3 is 2.48 bits per heavy atom. The number of carbonyl (C=O) groups is 1. The standard InChI is InChI=1S/C13H14ClN5O2/c1-15-12-17-11(14)18-13(19-12)16-9(10(20)21-2)8-6-4-3-5-7-8/h3-7,9H,1-2H3,(H2,15,16,17,18,19). The smallest absolute Gasteiger partial charge is 0.333 e. The molecule has 0 aliphatic carbocycles. The van der Waals surface area contributed by atoms with E-state index in [9.17, 15) is 4.79 Å². The van der Waals surface area contributed by atoms with E-state index >= 15 is 0 Å². The van der Waals surface area contributed by atoms with Gasteiger partial charge in [0.1, 0.15) is 0 Å². The molecule has 0 aliphatic rings. The average molecular weight is 308 g/mol. The highest BCUT2D eigenvalue weighted by Gasteiger charge is 2.22. The fourth-order valence-electron chi connectivity index (χ4n) is 1.70. The third-order valence-corrected chi connectivity index (χ3v) is 2.84. The van der Waals surface area contributed by atoms with Crippen LogP contribution in [0, 0.1) is 0 Å². The highest BCUT2D eigenvalue weighted by Crippen LogP contribution is 2.20. The van der Waals surface area contributed by atoms with Gasteiger partial charge in [0.15, 0.2) is 6.04 Å². The van der Waals surface area contributed by atoms with Gasteiger partial charge < -0.3 is 15.4 Å². The van der Waals surface area contributed by atoms with Crippen molar-refractivity contribution in [2.24, 2.45) is 0 Å². The van der Waals surface area contributed by atoms with E-state index in [4.69, 9.17) is 16.3 Å². The molecule has 1 heterocycles. The molecule has 2 rings (SSSR count). The van der Waals surface area contributed by atoms with Gasteiger partial charge in [-0.25, -0.2) is 4.79 Å². The number of halogens is 1. The fourth-order valence-corrected chi connectivity index (χ4v) is 1.86. The second-order valence-electron chi connectivity index (χ2n) is 4.01. The van der Waals surface area contributed by atoms with Crippen molar-refractivity contribution in [3.63, 3.8) is 0 Å². The fraction of sp³-hybridized carbons (Fsp3) is 0.231. The Morgan fingerprint density at radius 1 is 1.19 bits per heavy atom. The maximum absolute atomic E-state index is 12.0. The molecule has 0 radical (unpaired) electrons. The normalized spacial score (nSPS) is 11.6. The summed E-state index contributed by atoms with van der Waals surface area (Å²) < 4.78 is 4.80. The van der Waals surface area contributed by atoms with Gasteiger partial charge in [-0.1, -0.05) is 30.3 Å². The first-order valence-electron chi connectivity index (χ1n) is 6.12. The summed E-state index contributed by atoms with van der Waals surface area (Å²) in [5, 5.41) is 5.68. The predicted octanol–water partition coefficient (Wildman–Crippen LogP) is 1.89. The van der Waals surface area contributed by atoms with Crippen LogP contribution in [0.15, 0.2) is 30.3 Å². The summed E-state index contributed by atoms with van der Waals surface area (Å²) in [6.07, 6.45) is 0. The molecule has 110 valence electrons. The molecular weight excluding hydrogens is 294 g/mol. The van der Waals surface area contributed by atoms with E-state index in [0.717, 1.165) is 5.56 Å². The quantitative estimate of drug-likeness (QED) is 0.815. The molecule has 8 heteroatoms. The Hall–Kier alpha value is -2.41. The highest BCUT2D eigenvalue weighted by atomic mass is 35.5. The SMILES string of the molecule is CNc1nc(Cl)nc(NC(C(=O)OC)c2ccccc2)n1. The zero-order valence-corrected chi connectivity index (χ0v) is 12.3. The molecule has 21 heavy (non-hydrogen) atoms. The van der Waals surface area contributed by atoms with Crippen molar-refractivity contribution < 1.29 is 9.53 Å². The maximum Gasteiger partial charge on any atom is 0.333 e. The molecule has 0 amide bonds. The van der Waals surface area contributed by atoms with Gasteiger partial charge in [0.25, 0.3) is 0 Å². The van der Waals surface area contributed by atoms with E-state index in [1.54, 1.807) is 19.2 Å². The lowest BCUT2D eigenvalue weighted by Gasteiger charge is -2.17. The number of rotatable bonds is 5. The van der Waals surface area contributed by atoms with Crippen LogP contribution in [0.4, 0.5) is 11.9 Å². The minimum Gasteiger partial charge on any atom is -0.467 e. The van der Waals surface area contributed by atoms with Crippen LogP contribution in [-0.2, 0) is 9.53 Å². The molecule has 0 saturated heterocycles. The molecule has 1 atom stereocenters. The Bertz CT molecular complexity index is 623. The minimum absolute atomic E-state index is 0.0218. The van der Waals surface area contributed by atoms with Gasteiger partial charge in [-0.15, -0.1) is 0 Å². The van der Waals surface area contributed by atoms with E-state index in [-0.39, 0.29) is 11.2 Å². The van der Waals surface area contributed by atoms with Gasteiger partial charge in [-0.2, -0.15) is 15.0 Å². The molecule has 1 aromatic carbocycles. The van der Waals surface area contributed by atoms with Crippen LogP contribution in [0.3, 0.4) is 0 Å². The monoisotopic (exact) mass is 307 g/mol. The largest absolute Gasteiger partial charge is 0.467 e. The number of carbonyl (C=O) groups excluding carboxylic acids is 1. The Kier molecular flexibility index (Phi) is 4.89. The molecule has 0 bridgehead atoms. The van der Waals surface area contributed by atoms with Crippen LogP contribution in [0.1, 0.15) is 11.6 Å². The van der Waals surface area contributed by atoms with Crippen LogP contribution in [0.25, 0.3) is 0 Å². The molecule has 2 N–H and O–H groups in total. The molecule has 0 spiro atoms. The molecule has 7 nitrogen and oxygen atoms in total. The number of methoxy groups -OCH3 is 1. The number of benzene rings is 1. The summed E-state index contributed by atoms with van der Waals surface area (Å²) in [6, 6.07) is 8.38. The lowest BCUT2D eigenvalue weighted by Crippen LogP contribution is -2.23. The van der Waals surface area contributed by atoms with Gasteiger partial charge >= 0.3 is 5.97 Å². The number of aromatic nitrogens is 3. The molecule has 0 saturated carbocycles. The number of hydrogen-bond acceptors (Lipinski definition) is 7. The Morgan fingerprint density at radius 2 is 1.86 bits per heavy atom. The molecular formula is C13H14ClN5O2. The Labute approximate surface area is 126 Å². The molecule has 0 fully saturated rings. The number of ether oxygens (including phenoxy) is 1. The number of hydrogen-bond donors (Lipinski definition) is 2. The summed E-state index contributed by atoms with van der Waals surface area (Å²) in [7, 11) is 2.98. The van der Waals surface area contributed by atoms with Crippen molar-refractivity contribution >= 4 is 29.5 Å². The van der Waals surface area contributed by atoms with Gasteiger partial charge in [0, 0.05) is 7.05 Å². The summed E-state index contributed by atoms with van der Waals surface area (Å²) in [6.45, 7) is 0. The number of nitrogens with one attached hydrogen (secondary N) is 2. The maximum atomic E-state index is 12.0. The number of anilines is 2. The van der Waals surface area contributed by atoms with Crippen LogP contribution >= 0.6 is 11.6 Å². The third kappa shape index (κ3) is 3.79. The topological polar surface area (TPSA) is 89.0 Å². The van der Waals surface area contributed by atoms with E-state index in [1.807, 2.05) is 18.2 Å². The first-order valence-corrected chi connectivity index (χ1v) is 6.50. The third-order valence-electron chi connectivity index (χ3n) is 2.67. The van der Waals surface area contributed by atoms with Gasteiger partial charge in [-0.3, -0.25) is 0 Å².